The smallest absolute Gasteiger partial charge is 0.248 e. The molecule has 0 aromatic heterocycles. The first-order chi connectivity index (χ1) is 11.6. The number of carbonyl (C=O) groups excluding carboxylic acids is 1. The Hall–Kier alpha value is -2.95. The van der Waals surface area contributed by atoms with Crippen LogP contribution in [0.5, 0.6) is 17.2 Å². The van der Waals surface area contributed by atoms with Gasteiger partial charge in [-0.1, -0.05) is 12.1 Å². The van der Waals surface area contributed by atoms with Crippen molar-refractivity contribution in [2.24, 2.45) is 0 Å². The molecule has 0 radical (unpaired) electrons. The average molecular weight is 327 g/mol. The Morgan fingerprint density at radius 2 is 1.58 bits per heavy atom. The lowest BCUT2D eigenvalue weighted by atomic mass is 10.1. The molecule has 0 saturated carbocycles. The maximum Gasteiger partial charge on any atom is 0.248 e. The van der Waals surface area contributed by atoms with Gasteiger partial charge in [-0.2, -0.15) is 0 Å². The van der Waals surface area contributed by atoms with E-state index in [9.17, 15) is 4.79 Å². The topological polar surface area (TPSA) is 56.8 Å². The maximum atomic E-state index is 12.1. The molecule has 1 amide bonds. The van der Waals surface area contributed by atoms with Gasteiger partial charge in [-0.15, -0.1) is 0 Å². The molecule has 0 aliphatic rings. The number of nitrogens with one attached hydrogen (secondary N) is 1. The van der Waals surface area contributed by atoms with Crippen molar-refractivity contribution >= 4 is 17.7 Å². The molecule has 0 heterocycles. The molecule has 1 N–H and O–H groups in total. The number of rotatable bonds is 6. The van der Waals surface area contributed by atoms with Crippen molar-refractivity contribution in [3.63, 3.8) is 0 Å². The average Bonchev–Trinajstić information content (AvgIpc) is 2.61. The van der Waals surface area contributed by atoms with Crippen molar-refractivity contribution in [2.75, 3.05) is 26.6 Å². The second kappa shape index (κ2) is 8.06. The highest BCUT2D eigenvalue weighted by Crippen LogP contribution is 2.32. The van der Waals surface area contributed by atoms with Gasteiger partial charge in [-0.3, -0.25) is 4.79 Å². The molecule has 24 heavy (non-hydrogen) atoms. The number of hydrogen-bond donors (Lipinski definition) is 1. The van der Waals surface area contributed by atoms with E-state index in [1.807, 2.05) is 37.3 Å². The number of ether oxygens (including phenoxy) is 3. The van der Waals surface area contributed by atoms with Crippen molar-refractivity contribution in [3.8, 4) is 17.2 Å². The van der Waals surface area contributed by atoms with E-state index in [4.69, 9.17) is 14.2 Å². The van der Waals surface area contributed by atoms with Crippen LogP contribution in [-0.2, 0) is 4.79 Å². The minimum Gasteiger partial charge on any atom is -0.497 e. The molecule has 0 unspecified atom stereocenters. The summed E-state index contributed by atoms with van der Waals surface area (Å²) in [7, 11) is 4.75. The molecule has 2 rings (SSSR count). The quantitative estimate of drug-likeness (QED) is 0.823. The van der Waals surface area contributed by atoms with Gasteiger partial charge in [0.2, 0.25) is 5.91 Å². The van der Waals surface area contributed by atoms with E-state index in [2.05, 4.69) is 5.32 Å². The Balaban J connectivity index is 2.10. The molecule has 0 fully saturated rings. The number of amides is 1. The first kappa shape index (κ1) is 17.4. The maximum absolute atomic E-state index is 12.1. The summed E-state index contributed by atoms with van der Waals surface area (Å²) in [6.45, 7) is 1.89. The second-order valence-electron chi connectivity index (χ2n) is 5.12. The first-order valence-corrected chi connectivity index (χ1v) is 7.43. The standard InChI is InChI=1S/C19H21NO4/c1-13-11-17(23-3)18(24-4)12-16(13)20-19(21)10-7-14-5-8-15(22-2)9-6-14/h5-12H,1-4H3,(H,20,21). The third-order valence-corrected chi connectivity index (χ3v) is 3.53. The number of aryl methyl sites for hydroxylation is 1. The normalized spacial score (nSPS) is 10.5. The van der Waals surface area contributed by atoms with Crippen molar-refractivity contribution in [1.29, 1.82) is 0 Å². The fraction of sp³-hybridized carbons (Fsp3) is 0.211. The number of anilines is 1. The minimum absolute atomic E-state index is 0.221. The van der Waals surface area contributed by atoms with Crippen LogP contribution in [0, 0.1) is 6.92 Å². The lowest BCUT2D eigenvalue weighted by Gasteiger charge is -2.12. The van der Waals surface area contributed by atoms with E-state index < -0.39 is 0 Å². The minimum atomic E-state index is -0.221. The fourth-order valence-electron chi connectivity index (χ4n) is 2.18. The van der Waals surface area contributed by atoms with Gasteiger partial charge in [-0.25, -0.2) is 0 Å². The van der Waals surface area contributed by atoms with Crippen LogP contribution in [0.4, 0.5) is 5.69 Å². The second-order valence-corrected chi connectivity index (χ2v) is 5.12. The predicted octanol–water partition coefficient (Wildman–Crippen LogP) is 3.67. The summed E-state index contributed by atoms with van der Waals surface area (Å²) in [5.41, 5.74) is 2.48. The van der Waals surface area contributed by atoms with E-state index in [-0.39, 0.29) is 5.91 Å². The van der Waals surface area contributed by atoms with Crippen LogP contribution in [0.15, 0.2) is 42.5 Å². The zero-order valence-corrected chi connectivity index (χ0v) is 14.3. The van der Waals surface area contributed by atoms with Gasteiger partial charge >= 0.3 is 0 Å². The van der Waals surface area contributed by atoms with E-state index in [0.29, 0.717) is 17.2 Å². The molecule has 0 bridgehead atoms. The molecular weight excluding hydrogens is 306 g/mol. The van der Waals surface area contributed by atoms with Gasteiger partial charge in [0.05, 0.1) is 21.3 Å². The highest BCUT2D eigenvalue weighted by molar-refractivity contribution is 6.02. The van der Waals surface area contributed by atoms with Crippen LogP contribution in [0.25, 0.3) is 6.08 Å². The summed E-state index contributed by atoms with van der Waals surface area (Å²) in [4.78, 5) is 12.1. The zero-order chi connectivity index (χ0) is 17.5. The SMILES string of the molecule is COc1ccc(C=CC(=O)Nc2cc(OC)c(OC)cc2C)cc1. The number of hydrogen-bond acceptors (Lipinski definition) is 4. The van der Waals surface area contributed by atoms with Crippen LogP contribution < -0.4 is 19.5 Å². The molecule has 2 aromatic carbocycles. The van der Waals surface area contributed by atoms with Crippen LogP contribution in [-0.4, -0.2) is 27.2 Å². The van der Waals surface area contributed by atoms with Crippen molar-refractivity contribution in [2.45, 2.75) is 6.92 Å². The summed E-state index contributed by atoms with van der Waals surface area (Å²) in [5.74, 6) is 1.75. The Kier molecular flexibility index (Phi) is 5.84. The van der Waals surface area contributed by atoms with E-state index in [0.717, 1.165) is 16.9 Å². The molecule has 0 aliphatic carbocycles. The molecule has 2 aromatic rings. The Labute approximate surface area is 141 Å². The van der Waals surface area contributed by atoms with E-state index >= 15 is 0 Å². The fourth-order valence-corrected chi connectivity index (χ4v) is 2.18. The number of carbonyl (C=O) groups is 1. The Morgan fingerprint density at radius 1 is 0.958 bits per heavy atom. The number of methoxy groups -OCH3 is 3. The van der Waals surface area contributed by atoms with Crippen LogP contribution in [0.3, 0.4) is 0 Å². The van der Waals surface area contributed by atoms with Gasteiger partial charge in [0, 0.05) is 17.8 Å². The van der Waals surface area contributed by atoms with Crippen LogP contribution in [0.1, 0.15) is 11.1 Å². The zero-order valence-electron chi connectivity index (χ0n) is 14.3. The largest absolute Gasteiger partial charge is 0.497 e. The van der Waals surface area contributed by atoms with Crippen molar-refractivity contribution in [1.82, 2.24) is 0 Å². The summed E-state index contributed by atoms with van der Waals surface area (Å²) >= 11 is 0. The third kappa shape index (κ3) is 4.29. The highest BCUT2D eigenvalue weighted by Gasteiger charge is 2.09. The highest BCUT2D eigenvalue weighted by atomic mass is 16.5. The lowest BCUT2D eigenvalue weighted by molar-refractivity contribution is -0.111. The molecule has 126 valence electrons. The molecule has 0 saturated heterocycles. The third-order valence-electron chi connectivity index (χ3n) is 3.53. The summed E-state index contributed by atoms with van der Waals surface area (Å²) < 4.78 is 15.6. The Morgan fingerprint density at radius 3 is 2.17 bits per heavy atom. The Bertz CT molecular complexity index is 736. The molecule has 5 nitrogen and oxygen atoms in total. The first-order valence-electron chi connectivity index (χ1n) is 7.43. The van der Waals surface area contributed by atoms with Gasteiger partial charge in [0.1, 0.15) is 5.75 Å². The molecule has 0 atom stereocenters. The van der Waals surface area contributed by atoms with Gasteiger partial charge in [0.25, 0.3) is 0 Å². The summed E-state index contributed by atoms with van der Waals surface area (Å²) in [5, 5.41) is 2.84. The monoisotopic (exact) mass is 327 g/mol. The van der Waals surface area contributed by atoms with Crippen LogP contribution >= 0.6 is 0 Å². The van der Waals surface area contributed by atoms with Gasteiger partial charge in [0.15, 0.2) is 11.5 Å². The van der Waals surface area contributed by atoms with Crippen molar-refractivity contribution in [3.05, 3.63) is 53.6 Å². The predicted molar refractivity (Wildman–Crippen MR) is 94.9 cm³/mol. The molecular formula is C19H21NO4. The number of benzene rings is 2. The molecule has 0 spiro atoms. The summed E-state index contributed by atoms with van der Waals surface area (Å²) in [6.07, 6.45) is 3.23. The lowest BCUT2D eigenvalue weighted by Crippen LogP contribution is -2.09. The van der Waals surface area contributed by atoms with Crippen LogP contribution in [0.2, 0.25) is 0 Å². The van der Waals surface area contributed by atoms with E-state index in [1.165, 1.54) is 6.08 Å². The molecule has 5 heteroatoms. The summed E-state index contributed by atoms with van der Waals surface area (Å²) in [6, 6.07) is 11.0. The molecule has 0 aliphatic heterocycles. The van der Waals surface area contributed by atoms with Gasteiger partial charge in [-0.05, 0) is 42.3 Å². The van der Waals surface area contributed by atoms with Crippen molar-refractivity contribution < 1.29 is 19.0 Å². The van der Waals surface area contributed by atoms with E-state index in [1.54, 1.807) is 33.5 Å². The van der Waals surface area contributed by atoms with Gasteiger partial charge < -0.3 is 19.5 Å².